The summed E-state index contributed by atoms with van der Waals surface area (Å²) in [6.45, 7) is 7.43. The molecule has 5 nitrogen and oxygen atoms in total. The normalized spacial score (nSPS) is 15.0. The molecule has 0 fully saturated rings. The van der Waals surface area contributed by atoms with Crippen molar-refractivity contribution in [1.29, 1.82) is 0 Å². The fourth-order valence-corrected chi connectivity index (χ4v) is 0.909. The fourth-order valence-electron chi connectivity index (χ4n) is 0.909. The fraction of sp³-hybridized carbons (Fsp3) is 1.00. The van der Waals surface area contributed by atoms with Crippen LogP contribution in [0.1, 0.15) is 13.8 Å². The molecule has 0 aliphatic carbocycles. The summed E-state index contributed by atoms with van der Waals surface area (Å²) in [4.78, 5) is 0. The Morgan fingerprint density at radius 1 is 0.875 bits per heavy atom. The van der Waals surface area contributed by atoms with Crippen molar-refractivity contribution in [1.82, 2.24) is 0 Å². The highest BCUT2D eigenvalue weighted by Gasteiger charge is 2.06. The topological polar surface area (TPSA) is 62.9 Å². The number of rotatable bonds is 11. The van der Waals surface area contributed by atoms with Crippen molar-refractivity contribution in [2.45, 2.75) is 26.0 Å². The molecule has 98 valence electrons. The summed E-state index contributed by atoms with van der Waals surface area (Å²) >= 11 is 0. The molecule has 0 aromatic heterocycles. The quantitative estimate of drug-likeness (QED) is 0.526. The van der Waals surface area contributed by atoms with Gasteiger partial charge in [-0.1, -0.05) is 0 Å². The Morgan fingerprint density at radius 2 is 1.38 bits per heavy atom. The maximum atomic E-state index is 5.65. The van der Waals surface area contributed by atoms with Crippen LogP contribution in [0.15, 0.2) is 0 Å². The van der Waals surface area contributed by atoms with Crippen LogP contribution in [0, 0.1) is 0 Å². The van der Waals surface area contributed by atoms with E-state index in [9.17, 15) is 0 Å². The van der Waals surface area contributed by atoms with Crippen LogP contribution in [0.2, 0.25) is 0 Å². The smallest absolute Gasteiger partial charge is 0.0704 e. The highest BCUT2D eigenvalue weighted by molar-refractivity contribution is 4.61. The largest absolute Gasteiger partial charge is 0.382 e. The molecule has 0 bridgehead atoms. The van der Waals surface area contributed by atoms with Crippen molar-refractivity contribution in [3.05, 3.63) is 0 Å². The summed E-state index contributed by atoms with van der Waals surface area (Å²) < 4.78 is 20.8. The Labute approximate surface area is 98.2 Å². The highest BCUT2D eigenvalue weighted by atomic mass is 16.6. The van der Waals surface area contributed by atoms with Crippen molar-refractivity contribution in [3.8, 4) is 0 Å². The lowest BCUT2D eigenvalue weighted by Gasteiger charge is -2.16. The minimum Gasteiger partial charge on any atom is -0.382 e. The van der Waals surface area contributed by atoms with Gasteiger partial charge in [-0.15, -0.1) is 0 Å². The van der Waals surface area contributed by atoms with Gasteiger partial charge in [0.05, 0.1) is 45.7 Å². The van der Waals surface area contributed by atoms with Gasteiger partial charge in [0.2, 0.25) is 0 Å². The van der Waals surface area contributed by atoms with Crippen LogP contribution in [-0.2, 0) is 18.9 Å². The molecule has 0 saturated carbocycles. The summed E-state index contributed by atoms with van der Waals surface area (Å²) in [6, 6.07) is 0.0531. The van der Waals surface area contributed by atoms with Crippen molar-refractivity contribution < 1.29 is 18.9 Å². The number of ether oxygens (including phenoxy) is 4. The van der Waals surface area contributed by atoms with E-state index < -0.39 is 0 Å². The maximum Gasteiger partial charge on any atom is 0.0704 e. The monoisotopic (exact) mass is 235 g/mol. The van der Waals surface area contributed by atoms with E-state index in [-0.39, 0.29) is 12.1 Å². The molecule has 0 radical (unpaired) electrons. The summed E-state index contributed by atoms with van der Waals surface area (Å²) in [6.07, 6.45) is 0.0709. The molecule has 0 aromatic rings. The van der Waals surface area contributed by atoms with Crippen LogP contribution in [0.4, 0.5) is 0 Å². The van der Waals surface area contributed by atoms with Gasteiger partial charge in [0.1, 0.15) is 0 Å². The second-order valence-corrected chi connectivity index (χ2v) is 3.65. The van der Waals surface area contributed by atoms with Crippen molar-refractivity contribution in [2.24, 2.45) is 5.73 Å². The van der Waals surface area contributed by atoms with E-state index in [2.05, 4.69) is 0 Å². The molecule has 0 aliphatic rings. The van der Waals surface area contributed by atoms with E-state index in [1.165, 1.54) is 0 Å². The van der Waals surface area contributed by atoms with Gasteiger partial charge >= 0.3 is 0 Å². The zero-order chi connectivity index (χ0) is 12.2. The second-order valence-electron chi connectivity index (χ2n) is 3.65. The van der Waals surface area contributed by atoms with Crippen molar-refractivity contribution >= 4 is 0 Å². The molecule has 2 N–H and O–H groups in total. The zero-order valence-corrected chi connectivity index (χ0v) is 10.6. The summed E-state index contributed by atoms with van der Waals surface area (Å²) in [7, 11) is 1.65. The van der Waals surface area contributed by atoms with Crippen LogP contribution >= 0.6 is 0 Å². The molecule has 1 unspecified atom stereocenters. The Bertz CT molecular complexity index is 144. The van der Waals surface area contributed by atoms with Crippen LogP contribution in [-0.4, -0.2) is 58.9 Å². The van der Waals surface area contributed by atoms with Gasteiger partial charge < -0.3 is 24.7 Å². The summed E-state index contributed by atoms with van der Waals surface area (Å²) in [5.41, 5.74) is 5.65. The third-order valence-electron chi connectivity index (χ3n) is 2.15. The van der Waals surface area contributed by atoms with E-state index in [4.69, 9.17) is 24.7 Å². The van der Waals surface area contributed by atoms with E-state index in [1.807, 2.05) is 13.8 Å². The first-order chi connectivity index (χ1) is 7.68. The molecule has 0 spiro atoms. The third-order valence-corrected chi connectivity index (χ3v) is 2.15. The third kappa shape index (κ3) is 10.3. The van der Waals surface area contributed by atoms with Crippen LogP contribution in [0.5, 0.6) is 0 Å². The average Bonchev–Trinajstić information content (AvgIpc) is 2.26. The minimum absolute atomic E-state index is 0.0531. The van der Waals surface area contributed by atoms with Gasteiger partial charge in [-0.3, -0.25) is 0 Å². The number of nitrogens with two attached hydrogens (primary N) is 1. The lowest BCUT2D eigenvalue weighted by Crippen LogP contribution is -2.32. The highest BCUT2D eigenvalue weighted by Crippen LogP contribution is 1.94. The van der Waals surface area contributed by atoms with E-state index in [0.29, 0.717) is 39.6 Å². The SMILES string of the molecule is COCCOCCOCCOC(C)[C@@H](C)N. The van der Waals surface area contributed by atoms with Crippen LogP contribution < -0.4 is 5.73 Å². The first-order valence-corrected chi connectivity index (χ1v) is 5.70. The molecule has 2 atom stereocenters. The standard InChI is InChI=1S/C11H25NO4/c1-10(12)11(2)16-9-8-15-7-6-14-5-4-13-3/h10-11H,4-9,12H2,1-3H3/t10-,11?/m1/s1. The van der Waals surface area contributed by atoms with Crippen molar-refractivity contribution in [3.63, 3.8) is 0 Å². The van der Waals surface area contributed by atoms with Crippen LogP contribution in [0.3, 0.4) is 0 Å². The Hall–Kier alpha value is -0.200. The molecule has 0 saturated heterocycles. The van der Waals surface area contributed by atoms with Gasteiger partial charge in [0, 0.05) is 13.2 Å². The molecule has 16 heavy (non-hydrogen) atoms. The van der Waals surface area contributed by atoms with E-state index in [0.717, 1.165) is 0 Å². The number of methoxy groups -OCH3 is 1. The molecular weight excluding hydrogens is 210 g/mol. The Balaban J connectivity index is 3.04. The van der Waals surface area contributed by atoms with E-state index in [1.54, 1.807) is 7.11 Å². The molecule has 0 aromatic carbocycles. The maximum absolute atomic E-state index is 5.65. The molecule has 0 rings (SSSR count). The van der Waals surface area contributed by atoms with Gasteiger partial charge in [0.25, 0.3) is 0 Å². The lowest BCUT2D eigenvalue weighted by molar-refractivity contribution is -0.0161. The summed E-state index contributed by atoms with van der Waals surface area (Å²) in [5.74, 6) is 0. The number of hydrogen-bond donors (Lipinski definition) is 1. The molecule has 0 aliphatic heterocycles. The van der Waals surface area contributed by atoms with Gasteiger partial charge in [-0.25, -0.2) is 0 Å². The molecule has 5 heteroatoms. The second kappa shape index (κ2) is 11.3. The predicted molar refractivity (Wildman–Crippen MR) is 62.6 cm³/mol. The number of hydrogen-bond acceptors (Lipinski definition) is 5. The van der Waals surface area contributed by atoms with Crippen molar-refractivity contribution in [2.75, 3.05) is 46.8 Å². The van der Waals surface area contributed by atoms with Crippen LogP contribution in [0.25, 0.3) is 0 Å². The zero-order valence-electron chi connectivity index (χ0n) is 10.6. The molecular formula is C11H25NO4. The first kappa shape index (κ1) is 15.8. The first-order valence-electron chi connectivity index (χ1n) is 5.70. The molecule has 0 amide bonds. The Morgan fingerprint density at radius 3 is 1.88 bits per heavy atom. The van der Waals surface area contributed by atoms with Gasteiger partial charge in [-0.2, -0.15) is 0 Å². The Kier molecular flexibility index (Phi) is 11.1. The average molecular weight is 235 g/mol. The molecule has 0 heterocycles. The minimum atomic E-state index is 0.0531. The predicted octanol–water partition coefficient (Wildman–Crippen LogP) is 0.418. The summed E-state index contributed by atoms with van der Waals surface area (Å²) in [5, 5.41) is 0. The van der Waals surface area contributed by atoms with E-state index >= 15 is 0 Å². The van der Waals surface area contributed by atoms with Gasteiger partial charge in [0.15, 0.2) is 0 Å². The lowest BCUT2D eigenvalue weighted by atomic mass is 10.2. The van der Waals surface area contributed by atoms with Gasteiger partial charge in [-0.05, 0) is 13.8 Å².